The van der Waals surface area contributed by atoms with Crippen LogP contribution in [0.4, 0.5) is 8.78 Å². The van der Waals surface area contributed by atoms with Gasteiger partial charge < -0.3 is 23.8 Å². The van der Waals surface area contributed by atoms with E-state index in [0.717, 1.165) is 5.56 Å². The molecule has 2 aliphatic rings. The van der Waals surface area contributed by atoms with Gasteiger partial charge in [-0.3, -0.25) is 9.46 Å². The minimum Gasteiger partial charge on any atom is -0.461 e. The quantitative estimate of drug-likeness (QED) is 0.288. The van der Waals surface area contributed by atoms with Crippen LogP contribution in [0, 0.1) is 0 Å². The Hall–Kier alpha value is -3.04. The van der Waals surface area contributed by atoms with Crippen molar-refractivity contribution in [3.8, 4) is 5.75 Å². The highest BCUT2D eigenvalue weighted by Crippen LogP contribution is 2.65. The second kappa shape index (κ2) is 12.9. The van der Waals surface area contributed by atoms with Crippen LogP contribution in [-0.2, 0) is 29.7 Å². The smallest absolute Gasteiger partial charge is 0.387 e. The van der Waals surface area contributed by atoms with Gasteiger partial charge in [0.15, 0.2) is 0 Å². The second-order valence-corrected chi connectivity index (χ2v) is 11.4. The van der Waals surface area contributed by atoms with Crippen molar-refractivity contribution in [3.05, 3.63) is 88.0 Å². The second-order valence-electron chi connectivity index (χ2n) is 9.40. The fourth-order valence-electron chi connectivity index (χ4n) is 4.79. The van der Waals surface area contributed by atoms with E-state index in [2.05, 4.69) is 5.32 Å². The summed E-state index contributed by atoms with van der Waals surface area (Å²) < 4.78 is 62.4. The average Bonchev–Trinajstić information content (AvgIpc) is 2.89. The number of likely N-dealkylation sites (N-methyl/N-ethyl adjacent to an activating group) is 1. The van der Waals surface area contributed by atoms with E-state index in [-0.39, 0.29) is 42.0 Å². The SMILES string of the molecule is CC1=C(C(=O)OCCN(C)Cc2ccccc2)C(c2ccccc2OC(F)F)C(P2(=O)OCCCO2)=C(C)N1. The highest BCUT2D eigenvalue weighted by Gasteiger charge is 2.46. The van der Waals surface area contributed by atoms with Gasteiger partial charge in [-0.15, -0.1) is 0 Å². The summed E-state index contributed by atoms with van der Waals surface area (Å²) in [5.41, 5.74) is 2.38. The zero-order valence-corrected chi connectivity index (χ0v) is 23.1. The number of nitrogens with zero attached hydrogens (tertiary/aromatic N) is 1. The number of rotatable bonds is 10. The Balaban J connectivity index is 1.63. The lowest BCUT2D eigenvalue weighted by Gasteiger charge is -2.36. The predicted molar refractivity (Wildman–Crippen MR) is 142 cm³/mol. The number of alkyl halides is 2. The summed E-state index contributed by atoms with van der Waals surface area (Å²) >= 11 is 0. The lowest BCUT2D eigenvalue weighted by molar-refractivity contribution is -0.139. The summed E-state index contributed by atoms with van der Waals surface area (Å²) in [6, 6.07) is 16.0. The van der Waals surface area contributed by atoms with Crippen LogP contribution in [-0.4, -0.2) is 50.9 Å². The summed E-state index contributed by atoms with van der Waals surface area (Å²) in [6.07, 6.45) is 0.555. The molecule has 11 heteroatoms. The summed E-state index contributed by atoms with van der Waals surface area (Å²) in [4.78, 5) is 15.6. The van der Waals surface area contributed by atoms with Crippen molar-refractivity contribution < 1.29 is 36.7 Å². The number of para-hydroxylation sites is 1. The van der Waals surface area contributed by atoms with E-state index in [9.17, 15) is 18.1 Å². The Morgan fingerprint density at radius 1 is 1.08 bits per heavy atom. The van der Waals surface area contributed by atoms with Crippen molar-refractivity contribution in [2.24, 2.45) is 0 Å². The number of dihydropyridines is 1. The van der Waals surface area contributed by atoms with E-state index in [1.54, 1.807) is 32.0 Å². The van der Waals surface area contributed by atoms with E-state index in [1.807, 2.05) is 42.3 Å². The largest absolute Gasteiger partial charge is 0.461 e. The normalized spacial score (nSPS) is 19.3. The molecule has 8 nitrogen and oxygen atoms in total. The molecule has 0 aromatic heterocycles. The van der Waals surface area contributed by atoms with E-state index < -0.39 is 26.1 Å². The molecule has 0 spiro atoms. The van der Waals surface area contributed by atoms with Gasteiger partial charge >= 0.3 is 20.2 Å². The van der Waals surface area contributed by atoms with Gasteiger partial charge in [-0.1, -0.05) is 48.5 Å². The zero-order valence-electron chi connectivity index (χ0n) is 22.2. The number of hydrogen-bond acceptors (Lipinski definition) is 8. The Bertz CT molecular complexity index is 1270. The maximum atomic E-state index is 14.0. The third kappa shape index (κ3) is 6.94. The van der Waals surface area contributed by atoms with Crippen LogP contribution < -0.4 is 10.1 Å². The minimum absolute atomic E-state index is 0.0868. The molecule has 0 bridgehead atoms. The number of benzene rings is 2. The Kier molecular flexibility index (Phi) is 9.56. The molecule has 2 aliphatic heterocycles. The van der Waals surface area contributed by atoms with Crippen molar-refractivity contribution in [1.82, 2.24) is 10.2 Å². The molecular formula is C28H33F2N2O6P. The lowest BCUT2D eigenvalue weighted by Crippen LogP contribution is -2.32. The average molecular weight is 563 g/mol. The number of allylic oxidation sites excluding steroid dienone is 3. The van der Waals surface area contributed by atoms with Gasteiger partial charge in [-0.05, 0) is 38.9 Å². The molecule has 1 fully saturated rings. The number of carbonyl (C=O) groups is 1. The molecule has 0 saturated carbocycles. The summed E-state index contributed by atoms with van der Waals surface area (Å²) in [5.74, 6) is -1.87. The van der Waals surface area contributed by atoms with Crippen molar-refractivity contribution in [2.75, 3.05) is 33.4 Å². The summed E-state index contributed by atoms with van der Waals surface area (Å²) in [6.45, 7) is 1.89. The summed E-state index contributed by atoms with van der Waals surface area (Å²) in [5, 5.41) is 3.27. The molecular weight excluding hydrogens is 529 g/mol. The van der Waals surface area contributed by atoms with Crippen molar-refractivity contribution in [1.29, 1.82) is 0 Å². The lowest BCUT2D eigenvalue weighted by atomic mass is 9.86. The van der Waals surface area contributed by atoms with E-state index in [4.69, 9.17) is 18.5 Å². The predicted octanol–water partition coefficient (Wildman–Crippen LogP) is 5.79. The van der Waals surface area contributed by atoms with Crippen LogP contribution in [0.2, 0.25) is 0 Å². The van der Waals surface area contributed by atoms with Crippen LogP contribution in [0.1, 0.15) is 37.3 Å². The third-order valence-electron chi connectivity index (χ3n) is 6.50. The van der Waals surface area contributed by atoms with Crippen LogP contribution in [0.3, 0.4) is 0 Å². The van der Waals surface area contributed by atoms with Crippen LogP contribution in [0.5, 0.6) is 5.75 Å². The molecule has 2 aromatic rings. The first-order valence-electron chi connectivity index (χ1n) is 12.7. The molecule has 1 N–H and O–H groups in total. The van der Waals surface area contributed by atoms with E-state index in [1.165, 1.54) is 6.07 Å². The van der Waals surface area contributed by atoms with Crippen molar-refractivity contribution in [3.63, 3.8) is 0 Å². The molecule has 2 aromatic carbocycles. The molecule has 210 valence electrons. The van der Waals surface area contributed by atoms with Crippen LogP contribution in [0.25, 0.3) is 0 Å². The number of nitrogens with one attached hydrogen (secondary N) is 1. The molecule has 0 amide bonds. The Morgan fingerprint density at radius 2 is 1.74 bits per heavy atom. The van der Waals surface area contributed by atoms with Gasteiger partial charge in [0.25, 0.3) is 0 Å². The van der Waals surface area contributed by atoms with Gasteiger partial charge in [0, 0.05) is 30.0 Å². The molecule has 0 radical (unpaired) electrons. The topological polar surface area (TPSA) is 86.3 Å². The highest BCUT2D eigenvalue weighted by molar-refractivity contribution is 7.58. The first-order chi connectivity index (χ1) is 18.7. The van der Waals surface area contributed by atoms with Crippen LogP contribution in [0.15, 0.2) is 76.9 Å². The zero-order chi connectivity index (χ0) is 28.0. The maximum Gasteiger partial charge on any atom is 0.387 e. The number of hydrogen-bond donors (Lipinski definition) is 1. The van der Waals surface area contributed by atoms with Crippen LogP contribution >= 0.6 is 7.60 Å². The first kappa shape index (κ1) is 29.0. The van der Waals surface area contributed by atoms with E-state index >= 15 is 0 Å². The maximum absolute atomic E-state index is 14.0. The minimum atomic E-state index is -3.88. The van der Waals surface area contributed by atoms with Gasteiger partial charge in [-0.2, -0.15) is 8.78 Å². The molecule has 4 rings (SSSR count). The first-order valence-corrected chi connectivity index (χ1v) is 14.3. The van der Waals surface area contributed by atoms with Crippen molar-refractivity contribution >= 4 is 13.6 Å². The standard InChI is InChI=1S/C28H33F2N2O6P/c1-19-24(27(33)35-17-14-32(3)18-21-10-5-4-6-11-21)25(22-12-7-8-13-23(22)38-28(29)30)26(20(2)31-19)39(34)36-15-9-16-37-39/h4-8,10-13,25,28,31H,9,14-18H2,1-3H3. The number of halogens is 2. The van der Waals surface area contributed by atoms with Crippen molar-refractivity contribution in [2.45, 2.75) is 39.3 Å². The monoisotopic (exact) mass is 562 g/mol. The number of ether oxygens (including phenoxy) is 2. The fourth-order valence-corrected chi connectivity index (χ4v) is 6.94. The van der Waals surface area contributed by atoms with E-state index in [0.29, 0.717) is 30.9 Å². The Morgan fingerprint density at radius 3 is 2.44 bits per heavy atom. The molecule has 2 heterocycles. The Labute approximate surface area is 227 Å². The molecule has 0 aliphatic carbocycles. The number of carbonyl (C=O) groups excluding carboxylic acids is 1. The van der Waals surface area contributed by atoms with Gasteiger partial charge in [0.2, 0.25) is 0 Å². The molecule has 39 heavy (non-hydrogen) atoms. The summed E-state index contributed by atoms with van der Waals surface area (Å²) in [7, 11) is -1.96. The highest BCUT2D eigenvalue weighted by atomic mass is 31.2. The molecule has 1 atom stereocenters. The van der Waals surface area contributed by atoms with Gasteiger partial charge in [0.05, 0.1) is 30.0 Å². The molecule has 1 unspecified atom stereocenters. The fraction of sp³-hybridized carbons (Fsp3) is 0.393. The van der Waals surface area contributed by atoms with Gasteiger partial charge in [-0.25, -0.2) is 4.79 Å². The van der Waals surface area contributed by atoms with Gasteiger partial charge in [0.1, 0.15) is 12.4 Å². The number of esters is 1. The third-order valence-corrected chi connectivity index (χ3v) is 8.73. The molecule has 1 saturated heterocycles.